The van der Waals surface area contributed by atoms with Gasteiger partial charge in [0.1, 0.15) is 5.69 Å². The number of nitro groups is 1. The van der Waals surface area contributed by atoms with Gasteiger partial charge in [-0.15, -0.1) is 5.10 Å². The average molecular weight is 424 g/mol. The number of non-ortho nitro benzene ring substituents is 1. The molecule has 0 saturated heterocycles. The molecule has 0 bridgehead atoms. The fourth-order valence-corrected chi connectivity index (χ4v) is 3.22. The van der Waals surface area contributed by atoms with E-state index >= 15 is 0 Å². The molecule has 0 aliphatic heterocycles. The van der Waals surface area contributed by atoms with Gasteiger partial charge in [0.05, 0.1) is 27.0 Å². The number of nitro benzene ring substituents is 1. The van der Waals surface area contributed by atoms with E-state index in [1.807, 2.05) is 0 Å². The van der Waals surface area contributed by atoms with E-state index in [1.54, 1.807) is 54.3 Å². The minimum absolute atomic E-state index is 0.0768. The highest BCUT2D eigenvalue weighted by molar-refractivity contribution is 6.33. The van der Waals surface area contributed by atoms with Gasteiger partial charge in [-0.3, -0.25) is 14.9 Å². The number of carbonyl (C=O) groups excluding carboxylic acids is 1. The standard InChI is InChI=1S/C19H14ClN7O3/c1-12-17(23-24-26(12)13-5-2-6-14(11-13)27(29)30)19(28)22-16-8-3-7-15(20)18(16)25-10-4-9-21-25/h2-11H,1H3,(H,22,28). The summed E-state index contributed by atoms with van der Waals surface area (Å²) in [5, 5.41) is 26.3. The number of carbonyl (C=O) groups is 1. The van der Waals surface area contributed by atoms with Crippen molar-refractivity contribution in [2.24, 2.45) is 0 Å². The van der Waals surface area contributed by atoms with Crippen molar-refractivity contribution in [3.8, 4) is 11.4 Å². The summed E-state index contributed by atoms with van der Waals surface area (Å²) < 4.78 is 2.92. The van der Waals surface area contributed by atoms with Crippen LogP contribution in [0.1, 0.15) is 16.2 Å². The Hall–Kier alpha value is -4.05. The first-order valence-corrected chi connectivity index (χ1v) is 9.10. The summed E-state index contributed by atoms with van der Waals surface area (Å²) in [7, 11) is 0. The van der Waals surface area contributed by atoms with Crippen molar-refractivity contribution in [2.45, 2.75) is 6.92 Å². The average Bonchev–Trinajstić information content (AvgIpc) is 3.38. The molecule has 0 atom stereocenters. The maximum absolute atomic E-state index is 12.9. The van der Waals surface area contributed by atoms with Crippen LogP contribution >= 0.6 is 11.6 Å². The molecule has 2 aromatic heterocycles. The number of halogens is 1. The second kappa shape index (κ2) is 7.76. The van der Waals surface area contributed by atoms with Crippen LogP contribution in [0.2, 0.25) is 5.02 Å². The number of hydrogen-bond acceptors (Lipinski definition) is 6. The third-order valence-corrected chi connectivity index (χ3v) is 4.67. The van der Waals surface area contributed by atoms with Gasteiger partial charge in [-0.25, -0.2) is 9.36 Å². The molecule has 11 heteroatoms. The zero-order valence-electron chi connectivity index (χ0n) is 15.6. The summed E-state index contributed by atoms with van der Waals surface area (Å²) in [5.74, 6) is -0.500. The van der Waals surface area contributed by atoms with Gasteiger partial charge in [0.25, 0.3) is 11.6 Å². The molecule has 0 radical (unpaired) electrons. The molecule has 0 saturated carbocycles. The molecule has 2 heterocycles. The van der Waals surface area contributed by atoms with Crippen LogP contribution < -0.4 is 5.32 Å². The molecule has 0 unspecified atom stereocenters. The van der Waals surface area contributed by atoms with Gasteiger partial charge in [-0.05, 0) is 31.2 Å². The van der Waals surface area contributed by atoms with Gasteiger partial charge in [0.2, 0.25) is 0 Å². The van der Waals surface area contributed by atoms with E-state index in [0.717, 1.165) is 0 Å². The Labute approximate surface area is 174 Å². The topological polar surface area (TPSA) is 121 Å². The second-order valence-electron chi connectivity index (χ2n) is 6.25. The molecule has 0 aliphatic rings. The van der Waals surface area contributed by atoms with E-state index in [4.69, 9.17) is 11.6 Å². The molecule has 4 aromatic rings. The molecule has 10 nitrogen and oxygen atoms in total. The minimum Gasteiger partial charge on any atom is -0.319 e. The van der Waals surface area contributed by atoms with Crippen LogP contribution in [-0.2, 0) is 0 Å². The lowest BCUT2D eigenvalue weighted by molar-refractivity contribution is -0.384. The number of rotatable bonds is 5. The zero-order chi connectivity index (χ0) is 21.3. The van der Waals surface area contributed by atoms with Crippen molar-refractivity contribution in [1.82, 2.24) is 24.8 Å². The molecule has 0 fully saturated rings. The Morgan fingerprint density at radius 3 is 2.73 bits per heavy atom. The molecule has 0 aliphatic carbocycles. The van der Waals surface area contributed by atoms with Crippen LogP contribution in [0.4, 0.5) is 11.4 Å². The van der Waals surface area contributed by atoms with Crippen LogP contribution in [0.25, 0.3) is 11.4 Å². The molecule has 2 aromatic carbocycles. The quantitative estimate of drug-likeness (QED) is 0.387. The van der Waals surface area contributed by atoms with Gasteiger partial charge in [-0.1, -0.05) is 28.9 Å². The van der Waals surface area contributed by atoms with Crippen molar-refractivity contribution in [3.05, 3.63) is 87.4 Å². The van der Waals surface area contributed by atoms with E-state index in [9.17, 15) is 14.9 Å². The summed E-state index contributed by atoms with van der Waals surface area (Å²) in [6.07, 6.45) is 3.31. The Morgan fingerprint density at radius 1 is 1.20 bits per heavy atom. The van der Waals surface area contributed by atoms with Crippen LogP contribution in [0, 0.1) is 17.0 Å². The van der Waals surface area contributed by atoms with Crippen LogP contribution in [-0.4, -0.2) is 35.6 Å². The number of hydrogen-bond donors (Lipinski definition) is 1. The van der Waals surface area contributed by atoms with E-state index in [0.29, 0.717) is 27.8 Å². The lowest BCUT2D eigenvalue weighted by Crippen LogP contribution is -2.16. The highest BCUT2D eigenvalue weighted by Gasteiger charge is 2.20. The Morgan fingerprint density at radius 2 is 2.00 bits per heavy atom. The largest absolute Gasteiger partial charge is 0.319 e. The van der Waals surface area contributed by atoms with Crippen LogP contribution in [0.3, 0.4) is 0 Å². The summed E-state index contributed by atoms with van der Waals surface area (Å²) in [5.41, 5.74) is 1.80. The first-order chi connectivity index (χ1) is 14.5. The molecule has 30 heavy (non-hydrogen) atoms. The third kappa shape index (κ3) is 3.51. The minimum atomic E-state index is -0.501. The van der Waals surface area contributed by atoms with Gasteiger partial charge >= 0.3 is 0 Å². The van der Waals surface area contributed by atoms with Gasteiger partial charge < -0.3 is 5.32 Å². The summed E-state index contributed by atoms with van der Waals surface area (Å²) in [6.45, 7) is 1.65. The molecule has 1 amide bonds. The van der Waals surface area contributed by atoms with E-state index in [2.05, 4.69) is 20.7 Å². The van der Waals surface area contributed by atoms with Crippen molar-refractivity contribution in [2.75, 3.05) is 5.32 Å². The number of benzene rings is 2. The maximum atomic E-state index is 12.9. The number of nitrogens with zero attached hydrogens (tertiary/aromatic N) is 6. The molecule has 4 rings (SSSR count). The van der Waals surface area contributed by atoms with Gasteiger partial charge in [0.15, 0.2) is 5.69 Å². The zero-order valence-corrected chi connectivity index (χ0v) is 16.3. The number of anilines is 1. The lowest BCUT2D eigenvalue weighted by atomic mass is 10.2. The number of amides is 1. The smallest absolute Gasteiger partial charge is 0.278 e. The van der Waals surface area contributed by atoms with Crippen LogP contribution in [0.15, 0.2) is 60.9 Å². The number of nitrogens with one attached hydrogen (secondary N) is 1. The molecule has 0 spiro atoms. The third-order valence-electron chi connectivity index (χ3n) is 4.36. The first-order valence-electron chi connectivity index (χ1n) is 8.72. The fraction of sp³-hybridized carbons (Fsp3) is 0.0526. The van der Waals surface area contributed by atoms with Gasteiger partial charge in [-0.2, -0.15) is 5.10 Å². The predicted octanol–water partition coefficient (Wildman–Crippen LogP) is 3.58. The SMILES string of the molecule is Cc1c(C(=O)Nc2cccc(Cl)c2-n2cccn2)nnn1-c1cccc([N+](=O)[O-])c1. The molecular formula is C19H14ClN7O3. The van der Waals surface area contributed by atoms with Crippen molar-refractivity contribution >= 4 is 28.9 Å². The predicted molar refractivity (Wildman–Crippen MR) is 109 cm³/mol. The fourth-order valence-electron chi connectivity index (χ4n) is 2.95. The second-order valence-corrected chi connectivity index (χ2v) is 6.66. The Bertz CT molecular complexity index is 1250. The highest BCUT2D eigenvalue weighted by atomic mass is 35.5. The van der Waals surface area contributed by atoms with Crippen LogP contribution in [0.5, 0.6) is 0 Å². The summed E-state index contributed by atoms with van der Waals surface area (Å²) in [4.78, 5) is 23.4. The number of para-hydroxylation sites is 1. The maximum Gasteiger partial charge on any atom is 0.278 e. The van der Waals surface area contributed by atoms with E-state index < -0.39 is 10.8 Å². The summed E-state index contributed by atoms with van der Waals surface area (Å²) in [6, 6.07) is 12.7. The van der Waals surface area contributed by atoms with Gasteiger partial charge in [0, 0.05) is 24.5 Å². The first kappa shape index (κ1) is 19.3. The van der Waals surface area contributed by atoms with E-state index in [1.165, 1.54) is 22.9 Å². The Kier molecular flexibility index (Phi) is 4.98. The molecule has 1 N–H and O–H groups in total. The van der Waals surface area contributed by atoms with Crippen molar-refractivity contribution < 1.29 is 9.72 Å². The van der Waals surface area contributed by atoms with E-state index in [-0.39, 0.29) is 11.4 Å². The lowest BCUT2D eigenvalue weighted by Gasteiger charge is -2.12. The van der Waals surface area contributed by atoms with Crippen molar-refractivity contribution in [1.29, 1.82) is 0 Å². The highest BCUT2D eigenvalue weighted by Crippen LogP contribution is 2.28. The Balaban J connectivity index is 1.66. The monoisotopic (exact) mass is 423 g/mol. The molecular weight excluding hydrogens is 410 g/mol. The van der Waals surface area contributed by atoms with Crippen molar-refractivity contribution in [3.63, 3.8) is 0 Å². The summed E-state index contributed by atoms with van der Waals surface area (Å²) >= 11 is 6.31. The molecule has 150 valence electrons. The normalized spacial score (nSPS) is 10.7. The number of aromatic nitrogens is 5.